The van der Waals surface area contributed by atoms with Gasteiger partial charge in [0.1, 0.15) is 0 Å². The predicted octanol–water partition coefficient (Wildman–Crippen LogP) is -2.48. The van der Waals surface area contributed by atoms with Crippen LogP contribution in [0.15, 0.2) is 29.2 Å². The molecule has 5 N–H and O–H groups in total. The number of hydrogen-bond acceptors (Lipinski definition) is 5. The molecule has 0 aliphatic heterocycles. The van der Waals surface area contributed by atoms with E-state index in [9.17, 15) is 9.73 Å². The van der Waals surface area contributed by atoms with Crippen molar-refractivity contribution in [2.24, 2.45) is 4.90 Å². The average molecular weight is 275 g/mol. The first-order valence-electron chi connectivity index (χ1n) is 6.15. The van der Waals surface area contributed by atoms with Gasteiger partial charge in [0.25, 0.3) is 0 Å². The number of benzene rings is 1. The van der Waals surface area contributed by atoms with Gasteiger partial charge >= 0.3 is 118 Å². The fourth-order valence-electron chi connectivity index (χ4n) is 1.53. The van der Waals surface area contributed by atoms with Gasteiger partial charge in [-0.15, -0.1) is 0 Å². The number of hydrogen-bond donors (Lipinski definition) is 5. The molecule has 1 aromatic carbocycles. The van der Waals surface area contributed by atoms with E-state index in [1.807, 2.05) is 0 Å². The molecule has 0 aliphatic carbocycles. The van der Waals surface area contributed by atoms with Crippen LogP contribution < -0.4 is 16.1 Å². The van der Waals surface area contributed by atoms with E-state index in [1.165, 1.54) is 6.82 Å². The monoisotopic (exact) mass is 275 g/mol. The summed E-state index contributed by atoms with van der Waals surface area (Å²) in [6, 6.07) is 6.75. The second-order valence-corrected chi connectivity index (χ2v) is 4.13. The molecule has 0 aliphatic rings. The number of nitrogens with one attached hydrogen (secondary N) is 2. The maximum atomic E-state index is 10.3. The van der Waals surface area contributed by atoms with Gasteiger partial charge in [0, 0.05) is 0 Å². The molecular weight excluding hydrogens is 259 g/mol. The molecule has 0 fully saturated rings. The first-order chi connectivity index (χ1) is 9.52. The van der Waals surface area contributed by atoms with Gasteiger partial charge in [0.15, 0.2) is 0 Å². The Hall–Kier alpha value is -1.64. The Balaban J connectivity index is 2.66. The Labute approximate surface area is 118 Å². The summed E-state index contributed by atoms with van der Waals surface area (Å²) >= 11 is 0. The maximum absolute atomic E-state index is 10.3. The summed E-state index contributed by atoms with van der Waals surface area (Å²) in [4.78, 5) is 3.88. The molecule has 7 nitrogen and oxygen atoms in total. The Bertz CT molecular complexity index is 471. The van der Waals surface area contributed by atoms with E-state index in [2.05, 4.69) is 15.5 Å². The molecule has 0 unspecified atom stereocenters. The number of nitrogens with zero attached hydrogens (tertiary/aromatic N) is 1. The van der Waals surface area contributed by atoms with Gasteiger partial charge in [-0.1, -0.05) is 0 Å². The van der Waals surface area contributed by atoms with Gasteiger partial charge in [-0.2, -0.15) is 0 Å². The fraction of sp³-hybridized carbons (Fsp3) is 0.300. The molecule has 10 heteroatoms. The first-order valence-corrected chi connectivity index (χ1v) is 6.15. The van der Waals surface area contributed by atoms with Crippen molar-refractivity contribution >= 4 is 32.7 Å². The van der Waals surface area contributed by atoms with Gasteiger partial charge in [-0.3, -0.25) is 0 Å². The van der Waals surface area contributed by atoms with Crippen molar-refractivity contribution in [2.45, 2.75) is 13.4 Å². The van der Waals surface area contributed by atoms with E-state index >= 15 is 0 Å². The standard InChI is InChI=1S/C10H16B3N3O4/c1-12(18)16-10(15-7-11-17)14-6-8-3-2-4-9(5-8)13(19)20/h2-5,18-20H,6-7H2,1H3,(H2,14,15,16). The van der Waals surface area contributed by atoms with Crippen molar-refractivity contribution in [3.63, 3.8) is 0 Å². The van der Waals surface area contributed by atoms with Crippen molar-refractivity contribution in [1.82, 2.24) is 10.6 Å². The van der Waals surface area contributed by atoms with E-state index in [-0.39, 0.29) is 6.44 Å². The van der Waals surface area contributed by atoms with Crippen LogP contribution in [-0.2, 0) is 11.2 Å². The van der Waals surface area contributed by atoms with E-state index in [0.717, 1.165) is 5.56 Å². The summed E-state index contributed by atoms with van der Waals surface area (Å²) in [6.07, 6.45) is 0.0773. The second kappa shape index (κ2) is 8.52. The minimum atomic E-state index is -1.52. The summed E-state index contributed by atoms with van der Waals surface area (Å²) in [5.41, 5.74) is 1.20. The summed E-state index contributed by atoms with van der Waals surface area (Å²) in [7, 11) is -1.74. The third-order valence-electron chi connectivity index (χ3n) is 2.38. The molecule has 0 radical (unpaired) electrons. The zero-order valence-electron chi connectivity index (χ0n) is 11.2. The molecule has 0 aromatic heterocycles. The van der Waals surface area contributed by atoms with E-state index in [4.69, 9.17) is 10.0 Å². The van der Waals surface area contributed by atoms with Gasteiger partial charge in [-0.05, 0) is 0 Å². The van der Waals surface area contributed by atoms with Crippen molar-refractivity contribution in [3.05, 3.63) is 29.8 Å². The van der Waals surface area contributed by atoms with Crippen molar-refractivity contribution in [1.29, 1.82) is 0 Å². The van der Waals surface area contributed by atoms with Crippen LogP contribution in [0.25, 0.3) is 0 Å². The summed E-state index contributed by atoms with van der Waals surface area (Å²) < 4.78 is 10.3. The zero-order valence-corrected chi connectivity index (χ0v) is 11.2. The van der Waals surface area contributed by atoms with Crippen LogP contribution in [0.5, 0.6) is 0 Å². The van der Waals surface area contributed by atoms with E-state index < -0.39 is 14.2 Å². The van der Waals surface area contributed by atoms with Crippen LogP contribution in [0.1, 0.15) is 5.56 Å². The van der Waals surface area contributed by atoms with Crippen molar-refractivity contribution in [2.75, 3.05) is 6.44 Å². The Morgan fingerprint density at radius 1 is 1.35 bits per heavy atom. The molecule has 0 saturated carbocycles. The summed E-state index contributed by atoms with van der Waals surface area (Å²) in [5, 5.41) is 33.0. The van der Waals surface area contributed by atoms with Crippen LogP contribution in [0, 0.1) is 0 Å². The van der Waals surface area contributed by atoms with Crippen LogP contribution in [-0.4, -0.2) is 48.8 Å². The molecule has 0 bridgehead atoms. The van der Waals surface area contributed by atoms with Gasteiger partial charge < -0.3 is 0 Å². The summed E-state index contributed by atoms with van der Waals surface area (Å²) in [5.74, 6) is 0.294. The number of rotatable bonds is 6. The Kier molecular flexibility index (Phi) is 6.99. The topological polar surface area (TPSA) is 114 Å². The van der Waals surface area contributed by atoms with E-state index in [0.29, 0.717) is 25.1 Å². The molecule has 0 atom stereocenters. The molecular formula is C10H16B3N3O4. The normalized spacial score (nSPS) is 10.7. The van der Waals surface area contributed by atoms with E-state index in [1.54, 1.807) is 24.3 Å². The Morgan fingerprint density at radius 2 is 2.10 bits per heavy atom. The predicted molar refractivity (Wildman–Crippen MR) is 78.8 cm³/mol. The second-order valence-electron chi connectivity index (χ2n) is 4.13. The molecule has 20 heavy (non-hydrogen) atoms. The van der Waals surface area contributed by atoms with Crippen molar-refractivity contribution in [3.8, 4) is 0 Å². The molecule has 1 rings (SSSR count). The molecule has 0 spiro atoms. The van der Waals surface area contributed by atoms with Crippen LogP contribution in [0.3, 0.4) is 0 Å². The SMILES string of the molecule is CB(O)N=C(NCB=O)NCc1cccc(B(O)O)c1. The molecule has 0 amide bonds. The zero-order chi connectivity index (χ0) is 15.0. The van der Waals surface area contributed by atoms with Crippen molar-refractivity contribution < 1.29 is 19.8 Å². The first kappa shape index (κ1) is 16.4. The Morgan fingerprint density at radius 3 is 2.70 bits per heavy atom. The minimum absolute atomic E-state index is 0.0773. The molecule has 0 saturated heterocycles. The third kappa shape index (κ3) is 6.00. The summed E-state index contributed by atoms with van der Waals surface area (Å²) in [6.45, 7) is 1.85. The molecule has 0 heterocycles. The molecule has 104 valence electrons. The van der Waals surface area contributed by atoms with Gasteiger partial charge in [-0.25, -0.2) is 0 Å². The average Bonchev–Trinajstić information content (AvgIpc) is 2.41. The number of guanidine groups is 1. The van der Waals surface area contributed by atoms with Gasteiger partial charge in [0.05, 0.1) is 0 Å². The van der Waals surface area contributed by atoms with Crippen LogP contribution >= 0.6 is 0 Å². The third-order valence-corrected chi connectivity index (χ3v) is 2.38. The van der Waals surface area contributed by atoms with Gasteiger partial charge in [0.2, 0.25) is 0 Å². The molecule has 1 aromatic rings. The van der Waals surface area contributed by atoms with Crippen LogP contribution in [0.2, 0.25) is 6.82 Å². The quantitative estimate of drug-likeness (QED) is 0.223. The fourth-order valence-corrected chi connectivity index (χ4v) is 1.53. The van der Waals surface area contributed by atoms with Crippen LogP contribution in [0.4, 0.5) is 0 Å².